The molecule has 2 nitrogen and oxygen atoms in total. The highest BCUT2D eigenvalue weighted by Gasteiger charge is 2.13. The quantitative estimate of drug-likeness (QED) is 0.873. The van der Waals surface area contributed by atoms with E-state index in [4.69, 9.17) is 17.3 Å². The summed E-state index contributed by atoms with van der Waals surface area (Å²) in [6.07, 6.45) is 0. The maximum absolute atomic E-state index is 6.45. The van der Waals surface area contributed by atoms with Crippen molar-refractivity contribution >= 4 is 23.0 Å². The Morgan fingerprint density at radius 3 is 2.40 bits per heavy atom. The molecule has 0 saturated heterocycles. The zero-order valence-electron chi connectivity index (χ0n) is 12.2. The first-order valence-corrected chi connectivity index (χ1v) is 7.30. The fourth-order valence-electron chi connectivity index (χ4n) is 2.36. The van der Waals surface area contributed by atoms with Crippen LogP contribution in [0.1, 0.15) is 31.0 Å². The van der Waals surface area contributed by atoms with Gasteiger partial charge in [0.15, 0.2) is 0 Å². The standard InChI is InChI=1S/C17H21ClN2/c1-4-20(16-8-6-5-7-12(16)2)17-10-9-14(13(3)19)11-15(17)18/h5-11,13H,4,19H2,1-3H3/t13-/m0/s1. The van der Waals surface area contributed by atoms with Crippen LogP contribution in [0.5, 0.6) is 0 Å². The van der Waals surface area contributed by atoms with Crippen molar-refractivity contribution in [2.75, 3.05) is 11.4 Å². The largest absolute Gasteiger partial charge is 0.340 e. The summed E-state index contributed by atoms with van der Waals surface area (Å²) in [5.41, 5.74) is 10.4. The minimum absolute atomic E-state index is 0.00455. The number of hydrogen-bond donors (Lipinski definition) is 1. The number of nitrogens with two attached hydrogens (primary N) is 1. The van der Waals surface area contributed by atoms with Gasteiger partial charge in [-0.3, -0.25) is 0 Å². The Labute approximate surface area is 126 Å². The van der Waals surface area contributed by atoms with E-state index in [1.807, 2.05) is 25.1 Å². The predicted molar refractivity (Wildman–Crippen MR) is 87.9 cm³/mol. The van der Waals surface area contributed by atoms with E-state index in [2.05, 4.69) is 43.0 Å². The van der Waals surface area contributed by atoms with Gasteiger partial charge in [-0.15, -0.1) is 0 Å². The summed E-state index contributed by atoms with van der Waals surface area (Å²) in [6.45, 7) is 7.07. The number of benzene rings is 2. The van der Waals surface area contributed by atoms with Crippen LogP contribution in [0.4, 0.5) is 11.4 Å². The average molecular weight is 289 g/mol. The van der Waals surface area contributed by atoms with Gasteiger partial charge in [0.25, 0.3) is 0 Å². The third-order valence-electron chi connectivity index (χ3n) is 3.51. The molecular formula is C17H21ClN2. The van der Waals surface area contributed by atoms with Gasteiger partial charge in [0.1, 0.15) is 0 Å². The summed E-state index contributed by atoms with van der Waals surface area (Å²) in [5, 5.41) is 0.741. The molecule has 0 heterocycles. The van der Waals surface area contributed by atoms with Crippen LogP contribution in [0.2, 0.25) is 5.02 Å². The molecule has 0 aliphatic carbocycles. The molecule has 0 aromatic heterocycles. The molecule has 1 atom stereocenters. The number of aryl methyl sites for hydroxylation is 1. The van der Waals surface area contributed by atoms with Gasteiger partial charge in [0.2, 0.25) is 0 Å². The van der Waals surface area contributed by atoms with Crippen molar-refractivity contribution in [2.45, 2.75) is 26.8 Å². The highest BCUT2D eigenvalue weighted by atomic mass is 35.5. The Kier molecular flexibility index (Phi) is 4.69. The van der Waals surface area contributed by atoms with Crippen molar-refractivity contribution in [1.29, 1.82) is 0 Å². The van der Waals surface area contributed by atoms with Crippen LogP contribution in [0.3, 0.4) is 0 Å². The van der Waals surface area contributed by atoms with Crippen molar-refractivity contribution in [3.8, 4) is 0 Å². The summed E-state index contributed by atoms with van der Waals surface area (Å²) in [7, 11) is 0. The Hall–Kier alpha value is -1.51. The molecule has 0 bridgehead atoms. The lowest BCUT2D eigenvalue weighted by Crippen LogP contribution is -2.17. The van der Waals surface area contributed by atoms with Gasteiger partial charge >= 0.3 is 0 Å². The van der Waals surface area contributed by atoms with Crippen LogP contribution in [0.15, 0.2) is 42.5 Å². The number of rotatable bonds is 4. The number of anilines is 2. The first-order chi connectivity index (χ1) is 9.54. The van der Waals surface area contributed by atoms with Gasteiger partial charge in [-0.1, -0.05) is 35.9 Å². The first-order valence-electron chi connectivity index (χ1n) is 6.92. The Morgan fingerprint density at radius 2 is 1.85 bits per heavy atom. The lowest BCUT2D eigenvalue weighted by Gasteiger charge is -2.26. The third kappa shape index (κ3) is 2.97. The lowest BCUT2D eigenvalue weighted by molar-refractivity contribution is 0.818. The normalized spacial score (nSPS) is 12.2. The molecule has 2 N–H and O–H groups in total. The predicted octanol–water partition coefficient (Wildman–Crippen LogP) is 4.83. The molecule has 0 radical (unpaired) electrons. The Bertz CT molecular complexity index is 593. The first kappa shape index (κ1) is 14.9. The molecule has 3 heteroatoms. The van der Waals surface area contributed by atoms with Crippen molar-refractivity contribution in [3.63, 3.8) is 0 Å². The molecule has 0 spiro atoms. The second kappa shape index (κ2) is 6.29. The van der Waals surface area contributed by atoms with E-state index in [0.29, 0.717) is 0 Å². The molecule has 0 saturated carbocycles. The number of hydrogen-bond acceptors (Lipinski definition) is 2. The maximum atomic E-state index is 6.45. The lowest BCUT2D eigenvalue weighted by atomic mass is 10.1. The van der Waals surface area contributed by atoms with Crippen LogP contribution < -0.4 is 10.6 Å². The Balaban J connectivity index is 2.45. The zero-order chi connectivity index (χ0) is 14.7. The molecule has 0 amide bonds. The smallest absolute Gasteiger partial charge is 0.0646 e. The molecule has 2 aromatic rings. The molecule has 0 fully saturated rings. The minimum atomic E-state index is -0.00455. The summed E-state index contributed by atoms with van der Waals surface area (Å²) in [6, 6.07) is 14.4. The van der Waals surface area contributed by atoms with Gasteiger partial charge in [0, 0.05) is 18.3 Å². The topological polar surface area (TPSA) is 29.3 Å². The van der Waals surface area contributed by atoms with E-state index in [1.165, 1.54) is 11.3 Å². The SMILES string of the molecule is CCN(c1ccccc1C)c1ccc([C@H](C)N)cc1Cl. The monoisotopic (exact) mass is 288 g/mol. The van der Waals surface area contributed by atoms with Gasteiger partial charge in [-0.05, 0) is 50.1 Å². The van der Waals surface area contributed by atoms with E-state index in [0.717, 1.165) is 22.8 Å². The van der Waals surface area contributed by atoms with Crippen molar-refractivity contribution in [2.24, 2.45) is 5.73 Å². The van der Waals surface area contributed by atoms with E-state index < -0.39 is 0 Å². The molecule has 106 valence electrons. The molecule has 2 aromatic carbocycles. The van der Waals surface area contributed by atoms with Crippen LogP contribution in [-0.2, 0) is 0 Å². The van der Waals surface area contributed by atoms with Crippen molar-refractivity contribution in [1.82, 2.24) is 0 Å². The molecule has 20 heavy (non-hydrogen) atoms. The summed E-state index contributed by atoms with van der Waals surface area (Å²) in [5.74, 6) is 0. The van der Waals surface area contributed by atoms with Crippen molar-refractivity contribution in [3.05, 3.63) is 58.6 Å². The van der Waals surface area contributed by atoms with Gasteiger partial charge in [0.05, 0.1) is 10.7 Å². The van der Waals surface area contributed by atoms with Crippen LogP contribution in [0.25, 0.3) is 0 Å². The second-order valence-corrected chi connectivity index (χ2v) is 5.44. The minimum Gasteiger partial charge on any atom is -0.340 e. The van der Waals surface area contributed by atoms with Gasteiger partial charge in [-0.25, -0.2) is 0 Å². The number of nitrogens with zero attached hydrogens (tertiary/aromatic N) is 1. The van der Waals surface area contributed by atoms with E-state index >= 15 is 0 Å². The highest BCUT2D eigenvalue weighted by molar-refractivity contribution is 6.33. The van der Waals surface area contributed by atoms with E-state index in [9.17, 15) is 0 Å². The summed E-state index contributed by atoms with van der Waals surface area (Å²) >= 11 is 6.45. The molecular weight excluding hydrogens is 268 g/mol. The zero-order valence-corrected chi connectivity index (χ0v) is 13.0. The number of halogens is 1. The van der Waals surface area contributed by atoms with Gasteiger partial charge in [-0.2, -0.15) is 0 Å². The van der Waals surface area contributed by atoms with Crippen LogP contribution in [0, 0.1) is 6.92 Å². The van der Waals surface area contributed by atoms with Crippen LogP contribution >= 0.6 is 11.6 Å². The summed E-state index contributed by atoms with van der Waals surface area (Å²) < 4.78 is 0. The van der Waals surface area contributed by atoms with Gasteiger partial charge < -0.3 is 10.6 Å². The number of para-hydroxylation sites is 1. The van der Waals surface area contributed by atoms with E-state index in [1.54, 1.807) is 0 Å². The van der Waals surface area contributed by atoms with Crippen LogP contribution in [-0.4, -0.2) is 6.54 Å². The Morgan fingerprint density at radius 1 is 1.15 bits per heavy atom. The molecule has 0 aliphatic rings. The molecule has 0 aliphatic heterocycles. The molecule has 0 unspecified atom stereocenters. The summed E-state index contributed by atoms with van der Waals surface area (Å²) in [4.78, 5) is 2.22. The highest BCUT2D eigenvalue weighted by Crippen LogP contribution is 2.34. The average Bonchev–Trinajstić information content (AvgIpc) is 2.43. The van der Waals surface area contributed by atoms with Crippen molar-refractivity contribution < 1.29 is 0 Å². The molecule has 2 rings (SSSR count). The second-order valence-electron chi connectivity index (χ2n) is 5.03. The van der Waals surface area contributed by atoms with E-state index in [-0.39, 0.29) is 6.04 Å². The maximum Gasteiger partial charge on any atom is 0.0646 e. The fourth-order valence-corrected chi connectivity index (χ4v) is 2.65. The fraction of sp³-hybridized carbons (Fsp3) is 0.294. The third-order valence-corrected chi connectivity index (χ3v) is 3.81.